The predicted molar refractivity (Wildman–Crippen MR) is 59.0 cm³/mol. The van der Waals surface area contributed by atoms with Gasteiger partial charge in [0.25, 0.3) is 5.91 Å². The molecule has 2 heterocycles. The van der Waals surface area contributed by atoms with Crippen molar-refractivity contribution in [1.29, 1.82) is 0 Å². The van der Waals surface area contributed by atoms with Gasteiger partial charge >= 0.3 is 0 Å². The summed E-state index contributed by atoms with van der Waals surface area (Å²) < 4.78 is 0. The third kappa shape index (κ3) is 1.86. The van der Waals surface area contributed by atoms with E-state index in [1.807, 2.05) is 6.07 Å². The first-order valence-electron chi connectivity index (χ1n) is 5.19. The molecule has 15 heavy (non-hydrogen) atoms. The summed E-state index contributed by atoms with van der Waals surface area (Å²) in [6.45, 7) is 4.95. The first-order valence-corrected chi connectivity index (χ1v) is 5.19. The Labute approximate surface area is 90.1 Å². The Morgan fingerprint density at radius 3 is 2.93 bits per heavy atom. The van der Waals surface area contributed by atoms with E-state index in [4.69, 9.17) is 0 Å². The van der Waals surface area contributed by atoms with Crippen LogP contribution in [0.3, 0.4) is 0 Å². The Morgan fingerprint density at radius 1 is 1.53 bits per heavy atom. The van der Waals surface area contributed by atoms with Crippen LogP contribution in [0.25, 0.3) is 0 Å². The van der Waals surface area contributed by atoms with E-state index in [1.54, 1.807) is 12.8 Å². The van der Waals surface area contributed by atoms with Gasteiger partial charge in [-0.15, -0.1) is 5.10 Å². The van der Waals surface area contributed by atoms with Crippen LogP contribution in [0.2, 0.25) is 0 Å². The van der Waals surface area contributed by atoms with Crippen LogP contribution < -0.4 is 0 Å². The first kappa shape index (κ1) is 10.1. The highest BCUT2D eigenvalue weighted by Gasteiger charge is 2.26. The normalized spacial score (nSPS) is 14.9. The quantitative estimate of drug-likeness (QED) is 0.644. The second kappa shape index (κ2) is 3.64. The van der Waals surface area contributed by atoms with Crippen LogP contribution in [0.5, 0.6) is 0 Å². The van der Waals surface area contributed by atoms with Gasteiger partial charge in [-0.1, -0.05) is 13.8 Å². The van der Waals surface area contributed by atoms with Crippen molar-refractivity contribution in [3.05, 3.63) is 23.0 Å². The Balaban J connectivity index is 2.29. The number of amides is 1. The lowest BCUT2D eigenvalue weighted by molar-refractivity contribution is 0.0875. The van der Waals surface area contributed by atoms with E-state index >= 15 is 0 Å². The molecule has 0 aromatic carbocycles. The Morgan fingerprint density at radius 2 is 2.27 bits per heavy atom. The molecule has 4 nitrogen and oxygen atoms in total. The maximum Gasteiger partial charge on any atom is 0.262 e. The maximum atomic E-state index is 11.6. The Kier molecular flexibility index (Phi) is 2.46. The van der Waals surface area contributed by atoms with E-state index in [0.29, 0.717) is 18.2 Å². The number of hydrogen-bond donors (Lipinski definition) is 0. The highest BCUT2D eigenvalue weighted by atomic mass is 16.2. The summed E-state index contributed by atoms with van der Waals surface area (Å²) in [4.78, 5) is 13.2. The van der Waals surface area contributed by atoms with Crippen LogP contribution in [0.4, 0.5) is 0 Å². The van der Waals surface area contributed by atoms with Crippen LogP contribution in [-0.4, -0.2) is 28.9 Å². The molecule has 1 aliphatic heterocycles. The lowest BCUT2D eigenvalue weighted by Crippen LogP contribution is -2.20. The Hall–Kier alpha value is -1.39. The van der Waals surface area contributed by atoms with E-state index in [0.717, 1.165) is 17.7 Å². The molecule has 0 bridgehead atoms. The number of carbonyl (C=O) groups excluding carboxylic acids is 1. The van der Waals surface area contributed by atoms with E-state index in [9.17, 15) is 4.79 Å². The molecule has 0 saturated heterocycles. The summed E-state index contributed by atoms with van der Waals surface area (Å²) in [7, 11) is 1.78. The molecule has 0 saturated carbocycles. The van der Waals surface area contributed by atoms with E-state index < -0.39 is 0 Å². The summed E-state index contributed by atoms with van der Waals surface area (Å²) in [5.41, 5.74) is 2.50. The second-order valence-electron chi connectivity index (χ2n) is 4.47. The summed E-state index contributed by atoms with van der Waals surface area (Å²) in [5, 5.41) is 8.08. The second-order valence-corrected chi connectivity index (χ2v) is 4.47. The van der Waals surface area contributed by atoms with E-state index in [-0.39, 0.29) is 5.91 Å². The molecule has 0 aliphatic carbocycles. The molecule has 0 unspecified atom stereocenters. The molecule has 0 atom stereocenters. The lowest BCUT2D eigenvalue weighted by Gasteiger charge is -2.04. The van der Waals surface area contributed by atoms with Crippen LogP contribution >= 0.6 is 0 Å². The fraction of sp³-hybridized carbons (Fsp3) is 0.500. The van der Waals surface area contributed by atoms with Gasteiger partial charge in [0.05, 0.1) is 5.69 Å². The van der Waals surface area contributed by atoms with Crippen molar-refractivity contribution >= 4 is 13.9 Å². The van der Waals surface area contributed by atoms with Crippen molar-refractivity contribution in [2.45, 2.75) is 26.8 Å². The van der Waals surface area contributed by atoms with Crippen LogP contribution in [0.15, 0.2) is 6.07 Å². The molecule has 5 heteroatoms. The highest BCUT2D eigenvalue weighted by Crippen LogP contribution is 2.19. The fourth-order valence-electron chi connectivity index (χ4n) is 1.80. The van der Waals surface area contributed by atoms with Crippen LogP contribution in [0, 0.1) is 5.92 Å². The van der Waals surface area contributed by atoms with E-state index in [2.05, 4.69) is 24.0 Å². The van der Waals surface area contributed by atoms with Gasteiger partial charge in [-0.25, -0.2) is 0 Å². The molecule has 1 aromatic heterocycles. The summed E-state index contributed by atoms with van der Waals surface area (Å²) in [5.74, 6) is 0.542. The highest BCUT2D eigenvalue weighted by molar-refractivity contribution is 6.19. The van der Waals surface area contributed by atoms with Gasteiger partial charge in [-0.3, -0.25) is 4.79 Å². The number of carbonyl (C=O) groups is 1. The van der Waals surface area contributed by atoms with E-state index in [1.165, 1.54) is 0 Å². The van der Waals surface area contributed by atoms with Gasteiger partial charge < -0.3 is 4.81 Å². The van der Waals surface area contributed by atoms with Crippen molar-refractivity contribution in [1.82, 2.24) is 15.0 Å². The maximum absolute atomic E-state index is 11.6. The smallest absolute Gasteiger partial charge is 0.262 e. The molecule has 0 spiro atoms. The van der Waals surface area contributed by atoms with Crippen molar-refractivity contribution in [2.24, 2.45) is 5.92 Å². The number of hydrogen-bond acceptors (Lipinski definition) is 3. The summed E-state index contributed by atoms with van der Waals surface area (Å²) in [6.07, 6.45) is 0.915. The molecule has 2 rings (SSSR count). The minimum absolute atomic E-state index is 0.0198. The first-order chi connectivity index (χ1) is 7.08. The average Bonchev–Trinajstić information content (AvgIpc) is 2.41. The third-order valence-electron chi connectivity index (χ3n) is 2.50. The predicted octanol–water partition coefficient (Wildman–Crippen LogP) is 0.179. The van der Waals surface area contributed by atoms with Crippen LogP contribution in [-0.2, 0) is 13.0 Å². The van der Waals surface area contributed by atoms with Crippen LogP contribution in [0.1, 0.15) is 35.6 Å². The zero-order chi connectivity index (χ0) is 11.0. The zero-order valence-electron chi connectivity index (χ0n) is 9.32. The molecule has 0 fully saturated rings. The molecule has 1 aliphatic rings. The standard InChI is InChI=1S/C10H14BN3O/c1-6(2)3-8-4-7-5-14(11)10(15)9(7)13-12-8/h4,6H,3,5,11H2,1-2H3. The SMILES string of the molecule is BN1Cc2cc(CC(C)C)nnc2C1=O. The van der Waals surface area contributed by atoms with Gasteiger partial charge in [0, 0.05) is 12.1 Å². The Bertz CT molecular complexity index is 406. The van der Waals surface area contributed by atoms with Gasteiger partial charge in [-0.05, 0) is 18.4 Å². The third-order valence-corrected chi connectivity index (χ3v) is 2.50. The molecule has 0 radical (unpaired) electrons. The van der Waals surface area contributed by atoms with Crippen molar-refractivity contribution in [3.8, 4) is 0 Å². The minimum atomic E-state index is -0.0198. The van der Waals surface area contributed by atoms with Crippen molar-refractivity contribution in [2.75, 3.05) is 0 Å². The number of rotatable bonds is 2. The molecule has 1 amide bonds. The topological polar surface area (TPSA) is 46.1 Å². The van der Waals surface area contributed by atoms with Crippen molar-refractivity contribution in [3.63, 3.8) is 0 Å². The average molecular weight is 203 g/mol. The lowest BCUT2D eigenvalue weighted by atomic mass is 10.1. The number of aromatic nitrogens is 2. The van der Waals surface area contributed by atoms with Gasteiger partial charge in [0.1, 0.15) is 0 Å². The molecular formula is C10H14BN3O. The van der Waals surface area contributed by atoms with Gasteiger partial charge in [-0.2, -0.15) is 5.10 Å². The van der Waals surface area contributed by atoms with Gasteiger partial charge in [0.2, 0.25) is 7.98 Å². The largest absolute Gasteiger partial charge is 0.384 e. The van der Waals surface area contributed by atoms with Crippen molar-refractivity contribution < 1.29 is 4.79 Å². The summed E-state index contributed by atoms with van der Waals surface area (Å²) in [6, 6.07) is 2.00. The zero-order valence-corrected chi connectivity index (χ0v) is 9.32. The number of fused-ring (bicyclic) bond motifs is 1. The fourth-order valence-corrected chi connectivity index (χ4v) is 1.80. The number of nitrogens with zero attached hydrogens (tertiary/aromatic N) is 3. The molecule has 78 valence electrons. The minimum Gasteiger partial charge on any atom is -0.384 e. The monoisotopic (exact) mass is 203 g/mol. The summed E-state index contributed by atoms with van der Waals surface area (Å²) >= 11 is 0. The molecule has 1 aromatic rings. The molecule has 0 N–H and O–H groups in total. The van der Waals surface area contributed by atoms with Gasteiger partial charge in [0.15, 0.2) is 5.69 Å². The molecular weight excluding hydrogens is 189 g/mol.